The highest BCUT2D eigenvalue weighted by Gasteiger charge is 2.09. The number of aromatic nitrogens is 1. The van der Waals surface area contributed by atoms with E-state index in [0.29, 0.717) is 11.6 Å². The molecule has 0 N–H and O–H groups in total. The molecular formula is C11H8BrNO2. The van der Waals surface area contributed by atoms with Crippen molar-refractivity contribution in [2.45, 2.75) is 6.92 Å². The molecule has 0 fully saturated rings. The minimum absolute atomic E-state index is 0.0953. The summed E-state index contributed by atoms with van der Waals surface area (Å²) < 4.78 is 6.19. The lowest BCUT2D eigenvalue weighted by Crippen LogP contribution is -1.91. The average molecular weight is 266 g/mol. The molecule has 15 heavy (non-hydrogen) atoms. The molecule has 0 bridgehead atoms. The number of carbonyl (C=O) groups excluding carboxylic acids is 1. The van der Waals surface area contributed by atoms with Crippen LogP contribution in [0.2, 0.25) is 0 Å². The highest BCUT2D eigenvalue weighted by molar-refractivity contribution is 9.10. The molecule has 1 aromatic heterocycles. The molecule has 1 aromatic carbocycles. The smallest absolute Gasteiger partial charge is 0.226 e. The molecule has 1 heterocycles. The summed E-state index contributed by atoms with van der Waals surface area (Å²) in [4.78, 5) is 15.1. The van der Waals surface area contributed by atoms with E-state index in [0.717, 1.165) is 10.0 Å². The molecule has 0 aliphatic carbocycles. The molecule has 3 nitrogen and oxygen atoms in total. The molecule has 0 aliphatic heterocycles. The van der Waals surface area contributed by atoms with E-state index in [1.807, 2.05) is 24.3 Å². The van der Waals surface area contributed by atoms with E-state index >= 15 is 0 Å². The minimum Gasteiger partial charge on any atom is -0.444 e. The Bertz CT molecular complexity index is 488. The van der Waals surface area contributed by atoms with E-state index in [1.165, 1.54) is 13.2 Å². The highest BCUT2D eigenvalue weighted by atomic mass is 79.9. The average Bonchev–Trinajstić information content (AvgIpc) is 2.68. The van der Waals surface area contributed by atoms with Crippen molar-refractivity contribution >= 4 is 21.7 Å². The third kappa shape index (κ3) is 2.15. The van der Waals surface area contributed by atoms with E-state index in [2.05, 4.69) is 20.9 Å². The number of carbonyl (C=O) groups is 1. The zero-order valence-corrected chi connectivity index (χ0v) is 9.61. The Balaban J connectivity index is 2.37. The first-order chi connectivity index (χ1) is 7.16. The lowest BCUT2D eigenvalue weighted by Gasteiger charge is -1.94. The molecule has 0 spiro atoms. The SMILES string of the molecule is CC(=O)c1coc(-c2ccc(Br)cc2)n1. The van der Waals surface area contributed by atoms with Crippen molar-refractivity contribution in [3.63, 3.8) is 0 Å². The van der Waals surface area contributed by atoms with Crippen molar-refractivity contribution in [3.8, 4) is 11.5 Å². The standard InChI is InChI=1S/C11H8BrNO2/c1-7(14)10-6-15-11(13-10)8-2-4-9(12)5-3-8/h2-6H,1H3. The van der Waals surface area contributed by atoms with E-state index in [4.69, 9.17) is 4.42 Å². The number of nitrogens with zero attached hydrogens (tertiary/aromatic N) is 1. The molecule has 0 saturated carbocycles. The Hall–Kier alpha value is -1.42. The van der Waals surface area contributed by atoms with Crippen LogP contribution in [0.15, 0.2) is 39.4 Å². The van der Waals surface area contributed by atoms with Gasteiger partial charge in [-0.05, 0) is 24.3 Å². The molecule has 76 valence electrons. The Morgan fingerprint density at radius 3 is 2.53 bits per heavy atom. The van der Waals surface area contributed by atoms with Gasteiger partial charge in [0, 0.05) is 17.0 Å². The van der Waals surface area contributed by atoms with Crippen molar-refractivity contribution in [3.05, 3.63) is 40.7 Å². The monoisotopic (exact) mass is 265 g/mol. The Morgan fingerprint density at radius 1 is 1.33 bits per heavy atom. The van der Waals surface area contributed by atoms with Crippen molar-refractivity contribution in [2.75, 3.05) is 0 Å². The lowest BCUT2D eigenvalue weighted by atomic mass is 10.2. The van der Waals surface area contributed by atoms with Gasteiger partial charge >= 0.3 is 0 Å². The molecule has 0 atom stereocenters. The van der Waals surface area contributed by atoms with Crippen LogP contribution in [0.25, 0.3) is 11.5 Å². The largest absolute Gasteiger partial charge is 0.444 e. The molecule has 2 rings (SSSR count). The zero-order valence-electron chi connectivity index (χ0n) is 8.03. The topological polar surface area (TPSA) is 43.1 Å². The van der Waals surface area contributed by atoms with Gasteiger partial charge in [0.15, 0.2) is 5.78 Å². The number of ketones is 1. The van der Waals surface area contributed by atoms with Gasteiger partial charge in [-0.3, -0.25) is 4.79 Å². The minimum atomic E-state index is -0.0953. The zero-order chi connectivity index (χ0) is 10.8. The number of hydrogen-bond acceptors (Lipinski definition) is 3. The maximum Gasteiger partial charge on any atom is 0.226 e. The molecule has 0 aliphatic rings. The Morgan fingerprint density at radius 2 is 2.00 bits per heavy atom. The van der Waals surface area contributed by atoms with Gasteiger partial charge < -0.3 is 4.42 Å². The van der Waals surface area contributed by atoms with E-state index in [9.17, 15) is 4.79 Å². The van der Waals surface area contributed by atoms with Crippen LogP contribution in [0, 0.1) is 0 Å². The highest BCUT2D eigenvalue weighted by Crippen LogP contribution is 2.21. The van der Waals surface area contributed by atoms with Crippen molar-refractivity contribution in [1.82, 2.24) is 4.98 Å². The van der Waals surface area contributed by atoms with Crippen LogP contribution in [0.1, 0.15) is 17.4 Å². The summed E-state index contributed by atoms with van der Waals surface area (Å²) >= 11 is 3.34. The maximum absolute atomic E-state index is 11.0. The number of hydrogen-bond donors (Lipinski definition) is 0. The summed E-state index contributed by atoms with van der Waals surface area (Å²) in [7, 11) is 0. The first-order valence-corrected chi connectivity index (χ1v) is 5.18. The van der Waals surface area contributed by atoms with Crippen LogP contribution in [0.5, 0.6) is 0 Å². The quantitative estimate of drug-likeness (QED) is 0.783. The second-order valence-electron chi connectivity index (χ2n) is 3.10. The van der Waals surface area contributed by atoms with E-state index in [-0.39, 0.29) is 5.78 Å². The normalized spacial score (nSPS) is 10.3. The van der Waals surface area contributed by atoms with Gasteiger partial charge in [-0.15, -0.1) is 0 Å². The summed E-state index contributed by atoms with van der Waals surface area (Å²) in [5.41, 5.74) is 1.21. The van der Waals surface area contributed by atoms with Gasteiger partial charge in [0.05, 0.1) is 0 Å². The van der Waals surface area contributed by atoms with Crippen LogP contribution in [-0.4, -0.2) is 10.8 Å². The van der Waals surface area contributed by atoms with Crippen LogP contribution in [0.4, 0.5) is 0 Å². The Kier molecular flexibility index (Phi) is 2.68. The second-order valence-corrected chi connectivity index (χ2v) is 4.02. The van der Waals surface area contributed by atoms with Crippen LogP contribution >= 0.6 is 15.9 Å². The molecule has 2 aromatic rings. The summed E-state index contributed by atoms with van der Waals surface area (Å²) in [6.45, 7) is 1.46. The first kappa shape index (κ1) is 10.1. The van der Waals surface area contributed by atoms with Gasteiger partial charge in [0.1, 0.15) is 12.0 Å². The van der Waals surface area contributed by atoms with Gasteiger partial charge in [-0.2, -0.15) is 0 Å². The van der Waals surface area contributed by atoms with Crippen molar-refractivity contribution in [2.24, 2.45) is 0 Å². The Labute approximate surface area is 95.3 Å². The molecule has 0 radical (unpaired) electrons. The van der Waals surface area contributed by atoms with E-state index < -0.39 is 0 Å². The fraction of sp³-hybridized carbons (Fsp3) is 0.0909. The number of rotatable bonds is 2. The first-order valence-electron chi connectivity index (χ1n) is 4.39. The predicted molar refractivity (Wildman–Crippen MR) is 59.6 cm³/mol. The summed E-state index contributed by atoms with van der Waals surface area (Å²) in [5, 5.41) is 0. The van der Waals surface area contributed by atoms with Gasteiger partial charge in [-0.25, -0.2) is 4.98 Å². The molecule has 4 heteroatoms. The summed E-state index contributed by atoms with van der Waals surface area (Å²) in [6, 6.07) is 7.54. The van der Waals surface area contributed by atoms with Gasteiger partial charge in [0.25, 0.3) is 0 Å². The van der Waals surface area contributed by atoms with Gasteiger partial charge in [0.2, 0.25) is 5.89 Å². The fourth-order valence-electron chi connectivity index (χ4n) is 1.16. The third-order valence-electron chi connectivity index (χ3n) is 1.96. The number of benzene rings is 1. The van der Waals surface area contributed by atoms with E-state index in [1.54, 1.807) is 0 Å². The third-order valence-corrected chi connectivity index (χ3v) is 2.48. The van der Waals surface area contributed by atoms with Crippen LogP contribution in [0.3, 0.4) is 0 Å². The number of Topliss-reactive ketones (excluding diaryl/α,β-unsaturated/α-hetero) is 1. The van der Waals surface area contributed by atoms with Crippen LogP contribution < -0.4 is 0 Å². The van der Waals surface area contributed by atoms with Crippen molar-refractivity contribution in [1.29, 1.82) is 0 Å². The molecular weight excluding hydrogens is 258 g/mol. The molecule has 0 amide bonds. The summed E-state index contributed by atoms with van der Waals surface area (Å²) in [6.07, 6.45) is 1.37. The van der Waals surface area contributed by atoms with Crippen LogP contribution in [-0.2, 0) is 0 Å². The predicted octanol–water partition coefficient (Wildman–Crippen LogP) is 3.31. The number of halogens is 1. The van der Waals surface area contributed by atoms with Crippen molar-refractivity contribution < 1.29 is 9.21 Å². The fourth-order valence-corrected chi connectivity index (χ4v) is 1.42. The maximum atomic E-state index is 11.0. The molecule has 0 unspecified atom stereocenters. The number of oxazole rings is 1. The van der Waals surface area contributed by atoms with Gasteiger partial charge in [-0.1, -0.05) is 15.9 Å². The second kappa shape index (κ2) is 3.98. The lowest BCUT2D eigenvalue weighted by molar-refractivity contribution is 0.101. The summed E-state index contributed by atoms with van der Waals surface area (Å²) in [5.74, 6) is 0.370. The molecule has 0 saturated heterocycles.